The lowest BCUT2D eigenvalue weighted by Crippen LogP contribution is -2.23. The van der Waals surface area contributed by atoms with Crippen molar-refractivity contribution in [2.45, 2.75) is 11.8 Å². The molecule has 0 unspecified atom stereocenters. The van der Waals surface area contributed by atoms with E-state index in [9.17, 15) is 13.2 Å². The van der Waals surface area contributed by atoms with Gasteiger partial charge in [0.2, 0.25) is 0 Å². The zero-order valence-corrected chi connectivity index (χ0v) is 14.6. The van der Waals surface area contributed by atoms with Crippen LogP contribution >= 0.6 is 11.6 Å². The Labute approximate surface area is 146 Å². The van der Waals surface area contributed by atoms with Crippen LogP contribution in [0, 0.1) is 6.92 Å². The SMILES string of the molecule is C=CCNC(=O)c1ccc(NS(=O)(=O)c2ccc(C)cc2)c(Cl)c1. The predicted molar refractivity (Wildman–Crippen MR) is 96.0 cm³/mol. The highest BCUT2D eigenvalue weighted by Gasteiger charge is 2.16. The van der Waals surface area contributed by atoms with E-state index in [1.165, 1.54) is 30.3 Å². The summed E-state index contributed by atoms with van der Waals surface area (Å²) >= 11 is 6.10. The molecule has 2 aromatic rings. The Hall–Kier alpha value is -2.31. The highest BCUT2D eigenvalue weighted by atomic mass is 35.5. The maximum absolute atomic E-state index is 12.4. The van der Waals surface area contributed by atoms with E-state index in [1.54, 1.807) is 18.2 Å². The van der Waals surface area contributed by atoms with Gasteiger partial charge in [-0.1, -0.05) is 35.4 Å². The Kier molecular flexibility index (Phi) is 5.64. The number of anilines is 1. The number of halogens is 1. The fraction of sp³-hybridized carbons (Fsp3) is 0.118. The number of carbonyl (C=O) groups excluding carboxylic acids is 1. The molecular weight excluding hydrogens is 348 g/mol. The molecule has 0 aliphatic rings. The summed E-state index contributed by atoms with van der Waals surface area (Å²) in [7, 11) is -3.75. The number of hydrogen-bond donors (Lipinski definition) is 2. The van der Waals surface area contributed by atoms with Crippen molar-refractivity contribution < 1.29 is 13.2 Å². The van der Waals surface area contributed by atoms with Gasteiger partial charge in [-0.2, -0.15) is 0 Å². The summed E-state index contributed by atoms with van der Waals surface area (Å²) in [6.07, 6.45) is 1.56. The van der Waals surface area contributed by atoms with Crippen molar-refractivity contribution in [2.24, 2.45) is 0 Å². The van der Waals surface area contributed by atoms with Crippen LogP contribution in [0.2, 0.25) is 5.02 Å². The Morgan fingerprint density at radius 1 is 1.21 bits per heavy atom. The number of benzene rings is 2. The van der Waals surface area contributed by atoms with E-state index in [2.05, 4.69) is 16.6 Å². The number of rotatable bonds is 6. The summed E-state index contributed by atoms with van der Waals surface area (Å²) < 4.78 is 27.2. The van der Waals surface area contributed by atoms with Gasteiger partial charge in [0.05, 0.1) is 15.6 Å². The molecule has 1 amide bonds. The lowest BCUT2D eigenvalue weighted by Gasteiger charge is -2.11. The number of amides is 1. The van der Waals surface area contributed by atoms with Crippen molar-refractivity contribution in [1.82, 2.24) is 5.32 Å². The monoisotopic (exact) mass is 364 g/mol. The third kappa shape index (κ3) is 4.37. The first-order valence-electron chi connectivity index (χ1n) is 7.11. The van der Waals surface area contributed by atoms with E-state index in [4.69, 9.17) is 11.6 Å². The quantitative estimate of drug-likeness (QED) is 0.772. The molecule has 5 nitrogen and oxygen atoms in total. The second-order valence-electron chi connectivity index (χ2n) is 5.11. The van der Waals surface area contributed by atoms with Gasteiger partial charge in [-0.3, -0.25) is 9.52 Å². The van der Waals surface area contributed by atoms with Gasteiger partial charge in [0.1, 0.15) is 0 Å². The highest BCUT2D eigenvalue weighted by molar-refractivity contribution is 7.92. The number of hydrogen-bond acceptors (Lipinski definition) is 3. The highest BCUT2D eigenvalue weighted by Crippen LogP contribution is 2.26. The zero-order chi connectivity index (χ0) is 17.7. The molecule has 2 rings (SSSR count). The second-order valence-corrected chi connectivity index (χ2v) is 7.20. The molecule has 0 saturated carbocycles. The standard InChI is InChI=1S/C17H17ClN2O3S/c1-3-10-19-17(21)13-6-9-16(15(18)11-13)20-24(22,23)14-7-4-12(2)5-8-14/h3-9,11,20H,1,10H2,2H3,(H,19,21). The van der Waals surface area contributed by atoms with E-state index in [0.29, 0.717) is 12.1 Å². The minimum Gasteiger partial charge on any atom is -0.349 e. The fourth-order valence-corrected chi connectivity index (χ4v) is 3.29. The molecule has 0 heterocycles. The van der Waals surface area contributed by atoms with E-state index >= 15 is 0 Å². The van der Waals surface area contributed by atoms with Crippen molar-refractivity contribution in [3.05, 3.63) is 71.3 Å². The van der Waals surface area contributed by atoms with Gasteiger partial charge < -0.3 is 5.32 Å². The Morgan fingerprint density at radius 2 is 1.88 bits per heavy atom. The first-order chi connectivity index (χ1) is 11.3. The maximum atomic E-state index is 12.4. The average molecular weight is 365 g/mol. The van der Waals surface area contributed by atoms with Crippen LogP contribution in [-0.2, 0) is 10.0 Å². The number of sulfonamides is 1. The summed E-state index contributed by atoms with van der Waals surface area (Å²) in [6.45, 7) is 5.72. The molecule has 0 aliphatic heterocycles. The van der Waals surface area contributed by atoms with E-state index < -0.39 is 10.0 Å². The van der Waals surface area contributed by atoms with Crippen LogP contribution in [0.15, 0.2) is 60.0 Å². The van der Waals surface area contributed by atoms with Crippen LogP contribution in [0.1, 0.15) is 15.9 Å². The number of carbonyl (C=O) groups is 1. The van der Waals surface area contributed by atoms with Crippen molar-refractivity contribution >= 4 is 33.2 Å². The van der Waals surface area contributed by atoms with E-state index in [1.807, 2.05) is 6.92 Å². The maximum Gasteiger partial charge on any atom is 0.261 e. The van der Waals surface area contributed by atoms with Crippen molar-refractivity contribution in [3.8, 4) is 0 Å². The van der Waals surface area contributed by atoms with Crippen molar-refractivity contribution in [2.75, 3.05) is 11.3 Å². The first kappa shape index (κ1) is 18.0. The van der Waals surface area contributed by atoms with Crippen molar-refractivity contribution in [1.29, 1.82) is 0 Å². The van der Waals surface area contributed by atoms with Gasteiger partial charge in [0, 0.05) is 12.1 Å². The molecule has 0 aliphatic carbocycles. The molecule has 7 heteroatoms. The molecule has 0 atom stereocenters. The van der Waals surface area contributed by atoms with Crippen LogP contribution in [0.3, 0.4) is 0 Å². The molecule has 0 aromatic heterocycles. The Bertz CT molecular complexity index is 862. The summed E-state index contributed by atoms with van der Waals surface area (Å²) in [5.74, 6) is -0.315. The Balaban J connectivity index is 2.22. The normalized spacial score (nSPS) is 10.9. The van der Waals surface area contributed by atoms with Gasteiger partial charge in [-0.05, 0) is 37.3 Å². The molecular formula is C17H17ClN2O3S. The molecule has 0 bridgehead atoms. The van der Waals surface area contributed by atoms with E-state index in [-0.39, 0.29) is 21.5 Å². The zero-order valence-electron chi connectivity index (χ0n) is 13.0. The molecule has 24 heavy (non-hydrogen) atoms. The van der Waals surface area contributed by atoms with Crippen LogP contribution < -0.4 is 10.0 Å². The van der Waals surface area contributed by atoms with Gasteiger partial charge in [0.15, 0.2) is 0 Å². The molecule has 0 spiro atoms. The topological polar surface area (TPSA) is 75.3 Å². The molecule has 0 fully saturated rings. The third-order valence-corrected chi connectivity index (χ3v) is 4.91. The molecule has 126 valence electrons. The average Bonchev–Trinajstić information content (AvgIpc) is 2.54. The van der Waals surface area contributed by atoms with Gasteiger partial charge >= 0.3 is 0 Å². The van der Waals surface area contributed by atoms with Gasteiger partial charge in [0.25, 0.3) is 15.9 Å². The minimum atomic E-state index is -3.75. The van der Waals surface area contributed by atoms with Gasteiger partial charge in [-0.15, -0.1) is 6.58 Å². The fourth-order valence-electron chi connectivity index (χ4n) is 1.93. The second kappa shape index (κ2) is 7.51. The number of nitrogens with one attached hydrogen (secondary N) is 2. The molecule has 0 radical (unpaired) electrons. The van der Waals surface area contributed by atoms with Crippen LogP contribution in [0.5, 0.6) is 0 Å². The molecule has 2 aromatic carbocycles. The first-order valence-corrected chi connectivity index (χ1v) is 8.98. The number of aryl methyl sites for hydroxylation is 1. The van der Waals surface area contributed by atoms with E-state index in [0.717, 1.165) is 5.56 Å². The Morgan fingerprint density at radius 3 is 2.46 bits per heavy atom. The van der Waals surface area contributed by atoms with Crippen LogP contribution in [0.25, 0.3) is 0 Å². The molecule has 0 saturated heterocycles. The van der Waals surface area contributed by atoms with Crippen molar-refractivity contribution in [3.63, 3.8) is 0 Å². The summed E-state index contributed by atoms with van der Waals surface area (Å²) in [5, 5.41) is 2.76. The lowest BCUT2D eigenvalue weighted by atomic mass is 10.2. The lowest BCUT2D eigenvalue weighted by molar-refractivity contribution is 0.0958. The summed E-state index contributed by atoms with van der Waals surface area (Å²) in [4.78, 5) is 12.0. The minimum absolute atomic E-state index is 0.136. The summed E-state index contributed by atoms with van der Waals surface area (Å²) in [6, 6.07) is 10.8. The van der Waals surface area contributed by atoms with Gasteiger partial charge in [-0.25, -0.2) is 8.42 Å². The largest absolute Gasteiger partial charge is 0.349 e. The van der Waals surface area contributed by atoms with Crippen LogP contribution in [0.4, 0.5) is 5.69 Å². The third-order valence-electron chi connectivity index (χ3n) is 3.21. The smallest absolute Gasteiger partial charge is 0.261 e. The summed E-state index contributed by atoms with van der Waals surface area (Å²) in [5.41, 5.74) is 1.50. The molecule has 2 N–H and O–H groups in total. The van der Waals surface area contributed by atoms with Crippen LogP contribution in [-0.4, -0.2) is 20.9 Å². The predicted octanol–water partition coefficient (Wildman–Crippen LogP) is 3.37.